The van der Waals surface area contributed by atoms with E-state index in [1.807, 2.05) is 37.3 Å². The summed E-state index contributed by atoms with van der Waals surface area (Å²) >= 11 is 6.04. The normalized spacial score (nSPS) is 10.0. The molecule has 5 heteroatoms. The fraction of sp³-hybridized carbons (Fsp3) is 0.167. The van der Waals surface area contributed by atoms with Crippen LogP contribution in [0.5, 0.6) is 5.75 Å². The van der Waals surface area contributed by atoms with Gasteiger partial charge < -0.3 is 15.4 Å². The van der Waals surface area contributed by atoms with Gasteiger partial charge in [0.2, 0.25) is 5.91 Å². The lowest BCUT2D eigenvalue weighted by atomic mass is 10.3. The number of hydrogen-bond donors (Lipinski definition) is 2. The Kier molecular flexibility index (Phi) is 6.06. The number of para-hydroxylation sites is 3. The third-order valence-corrected chi connectivity index (χ3v) is 3.28. The molecule has 0 spiro atoms. The maximum absolute atomic E-state index is 12.1. The van der Waals surface area contributed by atoms with Crippen molar-refractivity contribution in [2.45, 2.75) is 6.92 Å². The molecule has 0 saturated heterocycles. The predicted molar refractivity (Wildman–Crippen MR) is 95.3 cm³/mol. The summed E-state index contributed by atoms with van der Waals surface area (Å²) in [5.41, 5.74) is 2.25. The molecule has 0 saturated carbocycles. The first-order valence-corrected chi connectivity index (χ1v) is 7.58. The van der Waals surface area contributed by atoms with Gasteiger partial charge in [0.25, 0.3) is 0 Å². The van der Waals surface area contributed by atoms with Gasteiger partial charge in [0, 0.05) is 0 Å². The SMILES string of the molecule is C=C(C)COc1ccccc1NC(=O)CNc1ccccc1Cl. The molecule has 0 radical (unpaired) electrons. The van der Waals surface area contributed by atoms with Crippen molar-refractivity contribution in [1.82, 2.24) is 0 Å². The van der Waals surface area contributed by atoms with Crippen LogP contribution in [0.3, 0.4) is 0 Å². The summed E-state index contributed by atoms with van der Waals surface area (Å²) in [5.74, 6) is 0.429. The van der Waals surface area contributed by atoms with Crippen molar-refractivity contribution < 1.29 is 9.53 Å². The van der Waals surface area contributed by atoms with Crippen molar-refractivity contribution in [3.8, 4) is 5.75 Å². The van der Waals surface area contributed by atoms with Crippen LogP contribution in [0, 0.1) is 0 Å². The molecular weight excluding hydrogens is 312 g/mol. The number of halogens is 1. The third kappa shape index (κ3) is 5.34. The summed E-state index contributed by atoms with van der Waals surface area (Å²) in [5, 5.41) is 6.40. The Morgan fingerprint density at radius 3 is 2.48 bits per heavy atom. The molecule has 0 aliphatic heterocycles. The summed E-state index contributed by atoms with van der Waals surface area (Å²) in [7, 11) is 0. The molecule has 0 aromatic heterocycles. The molecule has 2 N–H and O–H groups in total. The fourth-order valence-electron chi connectivity index (χ4n) is 1.87. The van der Waals surface area contributed by atoms with Gasteiger partial charge in [-0.05, 0) is 36.8 Å². The molecule has 0 unspecified atom stereocenters. The molecule has 23 heavy (non-hydrogen) atoms. The first-order valence-electron chi connectivity index (χ1n) is 7.20. The van der Waals surface area contributed by atoms with Gasteiger partial charge in [-0.3, -0.25) is 4.79 Å². The maximum atomic E-state index is 12.1. The molecule has 120 valence electrons. The van der Waals surface area contributed by atoms with E-state index >= 15 is 0 Å². The number of rotatable bonds is 7. The highest BCUT2D eigenvalue weighted by Gasteiger charge is 2.08. The molecule has 4 nitrogen and oxygen atoms in total. The van der Waals surface area contributed by atoms with Crippen LogP contribution in [0.4, 0.5) is 11.4 Å². The minimum Gasteiger partial charge on any atom is -0.487 e. The molecule has 0 aliphatic carbocycles. The van der Waals surface area contributed by atoms with Crippen LogP contribution < -0.4 is 15.4 Å². The zero-order chi connectivity index (χ0) is 16.7. The molecule has 0 atom stereocenters. The average molecular weight is 331 g/mol. The second-order valence-electron chi connectivity index (χ2n) is 5.12. The van der Waals surface area contributed by atoms with Gasteiger partial charge in [-0.15, -0.1) is 0 Å². The predicted octanol–water partition coefficient (Wildman–Crippen LogP) is 4.35. The lowest BCUT2D eigenvalue weighted by molar-refractivity contribution is -0.114. The van der Waals surface area contributed by atoms with Crippen molar-refractivity contribution in [3.05, 3.63) is 65.7 Å². The largest absolute Gasteiger partial charge is 0.487 e. The van der Waals surface area contributed by atoms with E-state index in [1.165, 1.54) is 0 Å². The van der Waals surface area contributed by atoms with E-state index in [9.17, 15) is 4.79 Å². The van der Waals surface area contributed by atoms with Crippen LogP contribution in [0.15, 0.2) is 60.7 Å². The van der Waals surface area contributed by atoms with E-state index in [0.717, 1.165) is 11.3 Å². The Bertz CT molecular complexity index is 701. The Labute approximate surface area is 141 Å². The van der Waals surface area contributed by atoms with Crippen LogP contribution in [-0.4, -0.2) is 19.1 Å². The van der Waals surface area contributed by atoms with Crippen LogP contribution in [-0.2, 0) is 4.79 Å². The van der Waals surface area contributed by atoms with E-state index in [-0.39, 0.29) is 12.5 Å². The van der Waals surface area contributed by atoms with E-state index in [2.05, 4.69) is 17.2 Å². The second-order valence-corrected chi connectivity index (χ2v) is 5.53. The molecule has 2 rings (SSSR count). The monoisotopic (exact) mass is 330 g/mol. The highest BCUT2D eigenvalue weighted by Crippen LogP contribution is 2.24. The molecule has 1 amide bonds. The number of benzene rings is 2. The van der Waals surface area contributed by atoms with E-state index < -0.39 is 0 Å². The lowest BCUT2D eigenvalue weighted by Gasteiger charge is -2.13. The molecule has 0 heterocycles. The third-order valence-electron chi connectivity index (χ3n) is 2.95. The number of anilines is 2. The summed E-state index contributed by atoms with van der Waals surface area (Å²) in [4.78, 5) is 12.1. The molecule has 0 bridgehead atoms. The van der Waals surface area contributed by atoms with Crippen LogP contribution in [0.25, 0.3) is 0 Å². The standard InChI is InChI=1S/C18H19ClN2O2/c1-13(2)12-23-17-10-6-5-9-16(17)21-18(22)11-20-15-8-4-3-7-14(15)19/h3-10,20H,1,11-12H2,2H3,(H,21,22). The molecule has 0 fully saturated rings. The quantitative estimate of drug-likeness (QED) is 0.742. The smallest absolute Gasteiger partial charge is 0.243 e. The van der Waals surface area contributed by atoms with E-state index in [4.69, 9.17) is 16.3 Å². The number of carbonyl (C=O) groups excluding carboxylic acids is 1. The highest BCUT2D eigenvalue weighted by molar-refractivity contribution is 6.33. The Morgan fingerprint density at radius 2 is 1.78 bits per heavy atom. The lowest BCUT2D eigenvalue weighted by Crippen LogP contribution is -2.22. The summed E-state index contributed by atoms with van der Waals surface area (Å²) < 4.78 is 5.63. The Hall–Kier alpha value is -2.46. The zero-order valence-corrected chi connectivity index (χ0v) is 13.7. The van der Waals surface area contributed by atoms with Crippen LogP contribution in [0.1, 0.15) is 6.92 Å². The van der Waals surface area contributed by atoms with Crippen molar-refractivity contribution in [3.63, 3.8) is 0 Å². The second kappa shape index (κ2) is 8.25. The van der Waals surface area contributed by atoms with Gasteiger partial charge in [0.05, 0.1) is 22.9 Å². The van der Waals surface area contributed by atoms with Gasteiger partial charge in [0.1, 0.15) is 12.4 Å². The topological polar surface area (TPSA) is 50.4 Å². The minimum absolute atomic E-state index is 0.110. The molecular formula is C18H19ClN2O2. The van der Waals surface area contributed by atoms with Gasteiger partial charge >= 0.3 is 0 Å². The van der Waals surface area contributed by atoms with E-state index in [0.29, 0.717) is 23.1 Å². The summed E-state index contributed by atoms with van der Waals surface area (Å²) in [6.07, 6.45) is 0. The minimum atomic E-state index is -0.184. The molecule has 2 aromatic carbocycles. The Balaban J connectivity index is 1.95. The van der Waals surface area contributed by atoms with Crippen molar-refractivity contribution in [1.29, 1.82) is 0 Å². The van der Waals surface area contributed by atoms with Gasteiger partial charge in [-0.2, -0.15) is 0 Å². The molecule has 2 aromatic rings. The maximum Gasteiger partial charge on any atom is 0.243 e. The first kappa shape index (κ1) is 16.9. The van der Waals surface area contributed by atoms with Crippen molar-refractivity contribution in [2.75, 3.05) is 23.8 Å². The fourth-order valence-corrected chi connectivity index (χ4v) is 2.07. The van der Waals surface area contributed by atoms with Crippen molar-refractivity contribution in [2.24, 2.45) is 0 Å². The van der Waals surface area contributed by atoms with Gasteiger partial charge in [0.15, 0.2) is 0 Å². The number of amides is 1. The number of ether oxygens (including phenoxy) is 1. The number of nitrogens with one attached hydrogen (secondary N) is 2. The average Bonchev–Trinajstić information content (AvgIpc) is 2.53. The van der Waals surface area contributed by atoms with Gasteiger partial charge in [-0.25, -0.2) is 0 Å². The first-order chi connectivity index (χ1) is 11.1. The number of hydrogen-bond acceptors (Lipinski definition) is 3. The van der Waals surface area contributed by atoms with Gasteiger partial charge in [-0.1, -0.05) is 42.4 Å². The highest BCUT2D eigenvalue weighted by atomic mass is 35.5. The summed E-state index contributed by atoms with van der Waals surface area (Å²) in [6.45, 7) is 6.20. The van der Waals surface area contributed by atoms with Crippen LogP contribution >= 0.6 is 11.6 Å². The Morgan fingerprint density at radius 1 is 1.13 bits per heavy atom. The number of carbonyl (C=O) groups is 1. The zero-order valence-electron chi connectivity index (χ0n) is 12.9. The van der Waals surface area contributed by atoms with Crippen LogP contribution in [0.2, 0.25) is 5.02 Å². The van der Waals surface area contributed by atoms with Crippen molar-refractivity contribution >= 4 is 28.9 Å². The summed E-state index contributed by atoms with van der Waals surface area (Å²) in [6, 6.07) is 14.6. The van der Waals surface area contributed by atoms with E-state index in [1.54, 1.807) is 18.2 Å². The molecule has 0 aliphatic rings.